The van der Waals surface area contributed by atoms with E-state index in [1.54, 1.807) is 5.38 Å². The number of fused-ring (bicyclic) bond motifs is 1. The van der Waals surface area contributed by atoms with E-state index < -0.39 is 0 Å². The van der Waals surface area contributed by atoms with Gasteiger partial charge >= 0.3 is 4.87 Å². The molecule has 0 fully saturated rings. The minimum absolute atomic E-state index is 0.129. The second-order valence-electron chi connectivity index (χ2n) is 4.20. The van der Waals surface area contributed by atoms with E-state index in [2.05, 4.69) is 10.3 Å². The molecule has 0 aliphatic carbocycles. The lowest BCUT2D eigenvalue weighted by Crippen LogP contribution is -2.23. The van der Waals surface area contributed by atoms with Crippen molar-refractivity contribution >= 4 is 44.4 Å². The van der Waals surface area contributed by atoms with Crippen LogP contribution in [0.3, 0.4) is 0 Å². The van der Waals surface area contributed by atoms with Gasteiger partial charge in [-0.1, -0.05) is 29.5 Å². The Morgan fingerprint density at radius 2 is 2.15 bits per heavy atom. The van der Waals surface area contributed by atoms with E-state index >= 15 is 0 Å². The van der Waals surface area contributed by atoms with E-state index in [4.69, 9.17) is 5.73 Å². The van der Waals surface area contributed by atoms with Gasteiger partial charge in [0.05, 0.1) is 12.2 Å². The van der Waals surface area contributed by atoms with E-state index in [1.807, 2.05) is 24.3 Å². The summed E-state index contributed by atoms with van der Waals surface area (Å²) in [7, 11) is 0. The lowest BCUT2D eigenvalue weighted by Gasteiger charge is -2.02. The largest absolute Gasteiger partial charge is 0.397 e. The Hall–Kier alpha value is -2.12. The smallest absolute Gasteiger partial charge is 0.304 e. The van der Waals surface area contributed by atoms with Gasteiger partial charge in [-0.15, -0.1) is 11.3 Å². The monoisotopic (exact) mass is 305 g/mol. The molecule has 0 spiro atoms. The summed E-state index contributed by atoms with van der Waals surface area (Å²) >= 11 is 2.44. The second kappa shape index (κ2) is 5.10. The second-order valence-corrected chi connectivity index (χ2v) is 6.09. The fourth-order valence-electron chi connectivity index (χ4n) is 1.89. The van der Waals surface area contributed by atoms with Gasteiger partial charge in [0, 0.05) is 21.2 Å². The fraction of sp³-hybridized carbons (Fsp3) is 0.0769. The highest BCUT2D eigenvalue weighted by molar-refractivity contribution is 7.21. The molecule has 20 heavy (non-hydrogen) atoms. The topological polar surface area (TPSA) is 88.0 Å². The van der Waals surface area contributed by atoms with Crippen LogP contribution >= 0.6 is 22.7 Å². The summed E-state index contributed by atoms with van der Waals surface area (Å²) < 4.78 is 0.985. The summed E-state index contributed by atoms with van der Waals surface area (Å²) in [5, 5.41) is 5.34. The highest BCUT2D eigenvalue weighted by Crippen LogP contribution is 2.33. The lowest BCUT2D eigenvalue weighted by molar-refractivity contribution is 0.0955. The molecule has 1 amide bonds. The molecule has 102 valence electrons. The van der Waals surface area contributed by atoms with Gasteiger partial charge in [0.2, 0.25) is 0 Å². The maximum Gasteiger partial charge on any atom is 0.304 e. The van der Waals surface area contributed by atoms with Crippen LogP contribution in [0, 0.1) is 0 Å². The number of hydrogen-bond donors (Lipinski definition) is 3. The van der Waals surface area contributed by atoms with Crippen LogP contribution in [0.25, 0.3) is 10.1 Å². The average molecular weight is 305 g/mol. The molecule has 0 atom stereocenters. The molecule has 0 saturated carbocycles. The summed E-state index contributed by atoms with van der Waals surface area (Å²) in [5.41, 5.74) is 7.20. The predicted molar refractivity (Wildman–Crippen MR) is 82.3 cm³/mol. The number of nitrogen functional groups attached to an aromatic ring is 1. The third-order valence-corrected chi connectivity index (χ3v) is 4.75. The molecule has 2 heterocycles. The Balaban J connectivity index is 1.82. The molecule has 1 aromatic carbocycles. The Morgan fingerprint density at radius 1 is 1.35 bits per heavy atom. The molecule has 0 aliphatic rings. The molecule has 0 unspecified atom stereocenters. The molecular formula is C13H11N3O2S2. The summed E-state index contributed by atoms with van der Waals surface area (Å²) in [4.78, 5) is 26.2. The minimum atomic E-state index is -0.226. The van der Waals surface area contributed by atoms with Gasteiger partial charge in [0.25, 0.3) is 5.91 Å². The highest BCUT2D eigenvalue weighted by atomic mass is 32.1. The molecule has 3 aromatic rings. The van der Waals surface area contributed by atoms with Gasteiger partial charge < -0.3 is 16.0 Å². The van der Waals surface area contributed by atoms with Crippen molar-refractivity contribution in [2.24, 2.45) is 0 Å². The number of rotatable bonds is 3. The number of carbonyl (C=O) groups excluding carboxylic acids is 1. The Bertz CT molecular complexity index is 831. The van der Waals surface area contributed by atoms with Gasteiger partial charge in [-0.05, 0) is 6.07 Å². The standard InChI is InChI=1S/C13H11N3O2S2/c14-10-8-3-1-2-4-9(8)20-11(10)12(17)15-5-7-6-19-13(18)16-7/h1-4,6H,5,14H2,(H,15,17)(H,16,18). The fourth-order valence-corrected chi connectivity index (χ4v) is 3.51. The Labute approximate surface area is 122 Å². The number of nitrogens with one attached hydrogen (secondary N) is 2. The number of amides is 1. The summed E-state index contributed by atoms with van der Waals surface area (Å²) in [6.07, 6.45) is 0. The van der Waals surface area contributed by atoms with E-state index in [1.165, 1.54) is 11.3 Å². The zero-order chi connectivity index (χ0) is 14.1. The van der Waals surface area contributed by atoms with Crippen molar-refractivity contribution in [1.82, 2.24) is 10.3 Å². The van der Waals surface area contributed by atoms with E-state index in [9.17, 15) is 9.59 Å². The van der Waals surface area contributed by atoms with Crippen LogP contribution in [0.4, 0.5) is 5.69 Å². The number of aromatic nitrogens is 1. The number of thiazole rings is 1. The maximum atomic E-state index is 12.1. The quantitative estimate of drug-likeness (QED) is 0.693. The van der Waals surface area contributed by atoms with Crippen LogP contribution in [0.15, 0.2) is 34.4 Å². The van der Waals surface area contributed by atoms with Crippen LogP contribution in [0.5, 0.6) is 0 Å². The van der Waals surface area contributed by atoms with Crippen molar-refractivity contribution in [2.75, 3.05) is 5.73 Å². The third-order valence-electron chi connectivity index (χ3n) is 2.85. The number of thiophene rings is 1. The van der Waals surface area contributed by atoms with Crippen molar-refractivity contribution < 1.29 is 4.79 Å². The van der Waals surface area contributed by atoms with Crippen molar-refractivity contribution in [3.8, 4) is 0 Å². The van der Waals surface area contributed by atoms with Crippen LogP contribution in [-0.4, -0.2) is 10.9 Å². The van der Waals surface area contributed by atoms with Gasteiger partial charge in [0.1, 0.15) is 4.88 Å². The van der Waals surface area contributed by atoms with Crippen LogP contribution in [0.2, 0.25) is 0 Å². The number of H-pyrrole nitrogens is 1. The number of benzene rings is 1. The Morgan fingerprint density at radius 3 is 2.85 bits per heavy atom. The lowest BCUT2D eigenvalue weighted by atomic mass is 10.2. The number of hydrogen-bond acceptors (Lipinski definition) is 5. The normalized spacial score (nSPS) is 10.8. The Kier molecular flexibility index (Phi) is 3.29. The molecular weight excluding hydrogens is 294 g/mol. The predicted octanol–water partition coefficient (Wildman–Crippen LogP) is 2.16. The van der Waals surface area contributed by atoms with Crippen LogP contribution in [-0.2, 0) is 6.54 Å². The highest BCUT2D eigenvalue weighted by Gasteiger charge is 2.15. The number of nitrogens with two attached hydrogens (primary N) is 1. The molecule has 0 aliphatic heterocycles. The van der Waals surface area contributed by atoms with Gasteiger partial charge in [-0.25, -0.2) is 0 Å². The number of carbonyl (C=O) groups is 1. The summed E-state index contributed by atoms with van der Waals surface area (Å²) in [6.45, 7) is 0.283. The first-order valence-corrected chi connectivity index (χ1v) is 7.56. The average Bonchev–Trinajstić information content (AvgIpc) is 3.01. The summed E-state index contributed by atoms with van der Waals surface area (Å²) in [5.74, 6) is -0.226. The molecule has 0 saturated heterocycles. The molecule has 2 aromatic heterocycles. The van der Waals surface area contributed by atoms with Crippen LogP contribution in [0.1, 0.15) is 15.4 Å². The van der Waals surface area contributed by atoms with Crippen molar-refractivity contribution in [2.45, 2.75) is 6.54 Å². The maximum absolute atomic E-state index is 12.1. The van der Waals surface area contributed by atoms with Gasteiger partial charge in [0.15, 0.2) is 0 Å². The van der Waals surface area contributed by atoms with Crippen molar-refractivity contribution in [3.63, 3.8) is 0 Å². The zero-order valence-electron chi connectivity index (χ0n) is 10.3. The third kappa shape index (κ3) is 2.33. The first kappa shape index (κ1) is 12.9. The van der Waals surface area contributed by atoms with Gasteiger partial charge in [-0.2, -0.15) is 0 Å². The molecule has 0 radical (unpaired) electrons. The van der Waals surface area contributed by atoms with Crippen molar-refractivity contribution in [1.29, 1.82) is 0 Å². The first-order valence-electron chi connectivity index (χ1n) is 5.87. The summed E-state index contributed by atoms with van der Waals surface area (Å²) in [6, 6.07) is 7.64. The van der Waals surface area contributed by atoms with Crippen molar-refractivity contribution in [3.05, 3.63) is 49.9 Å². The van der Waals surface area contributed by atoms with Gasteiger partial charge in [-0.3, -0.25) is 9.59 Å². The van der Waals surface area contributed by atoms with E-state index in [0.29, 0.717) is 16.3 Å². The number of aromatic amines is 1. The number of anilines is 1. The van der Waals surface area contributed by atoms with E-state index in [0.717, 1.165) is 21.4 Å². The molecule has 0 bridgehead atoms. The SMILES string of the molecule is Nc1c(C(=O)NCc2csc(=O)[nH]2)sc2ccccc12. The molecule has 5 nitrogen and oxygen atoms in total. The van der Waals surface area contributed by atoms with Crippen LogP contribution < -0.4 is 15.9 Å². The molecule has 4 N–H and O–H groups in total. The van der Waals surface area contributed by atoms with E-state index in [-0.39, 0.29) is 17.3 Å². The molecule has 3 rings (SSSR count). The molecule has 7 heteroatoms. The zero-order valence-corrected chi connectivity index (χ0v) is 11.9. The minimum Gasteiger partial charge on any atom is -0.397 e. The first-order chi connectivity index (χ1) is 9.65.